The van der Waals surface area contributed by atoms with Gasteiger partial charge in [0.15, 0.2) is 0 Å². The summed E-state index contributed by atoms with van der Waals surface area (Å²) in [6.07, 6.45) is -0.0529. The van der Waals surface area contributed by atoms with Gasteiger partial charge in [0.1, 0.15) is 18.9 Å². The van der Waals surface area contributed by atoms with Crippen molar-refractivity contribution in [2.45, 2.75) is 38.5 Å². The average Bonchev–Trinajstić information content (AvgIpc) is 2.83. The first-order valence-electron chi connectivity index (χ1n) is 8.76. The van der Waals surface area contributed by atoms with Crippen LogP contribution in [0.4, 0.5) is 4.79 Å². The predicted molar refractivity (Wildman–Crippen MR) is 95.6 cm³/mol. The Hall–Kier alpha value is -2.90. The molecule has 1 aliphatic rings. The maximum absolute atomic E-state index is 12.5. The summed E-state index contributed by atoms with van der Waals surface area (Å²) in [4.78, 5) is 50.6. The van der Waals surface area contributed by atoms with Crippen LogP contribution in [0.3, 0.4) is 0 Å². The molecule has 0 aromatic heterocycles. The van der Waals surface area contributed by atoms with E-state index in [2.05, 4.69) is 0 Å². The Bertz CT molecular complexity index is 678. The number of ether oxygens (including phenoxy) is 2. The van der Waals surface area contributed by atoms with Gasteiger partial charge in [-0.2, -0.15) is 0 Å². The Morgan fingerprint density at radius 3 is 2.63 bits per heavy atom. The van der Waals surface area contributed by atoms with Crippen molar-refractivity contribution in [3.05, 3.63) is 35.9 Å². The van der Waals surface area contributed by atoms with Crippen molar-refractivity contribution < 1.29 is 28.7 Å². The van der Waals surface area contributed by atoms with Crippen molar-refractivity contribution in [1.82, 2.24) is 9.80 Å². The highest BCUT2D eigenvalue weighted by Crippen LogP contribution is 2.17. The first-order valence-corrected chi connectivity index (χ1v) is 8.76. The molecule has 8 nitrogen and oxygen atoms in total. The van der Waals surface area contributed by atoms with Crippen molar-refractivity contribution in [2.24, 2.45) is 0 Å². The van der Waals surface area contributed by atoms with E-state index in [1.807, 2.05) is 30.3 Å². The van der Waals surface area contributed by atoms with E-state index >= 15 is 0 Å². The van der Waals surface area contributed by atoms with Crippen molar-refractivity contribution in [3.63, 3.8) is 0 Å². The van der Waals surface area contributed by atoms with Crippen LogP contribution >= 0.6 is 0 Å². The van der Waals surface area contributed by atoms with Crippen molar-refractivity contribution >= 4 is 24.3 Å². The highest BCUT2D eigenvalue weighted by atomic mass is 16.6. The van der Waals surface area contributed by atoms with Gasteiger partial charge in [0.2, 0.25) is 5.91 Å². The summed E-state index contributed by atoms with van der Waals surface area (Å²) in [5.41, 5.74) is 0.864. The molecular formula is C19H24N2O6. The zero-order chi connectivity index (χ0) is 19.8. The minimum absolute atomic E-state index is 0.0388. The van der Waals surface area contributed by atoms with E-state index in [4.69, 9.17) is 9.47 Å². The molecule has 1 saturated heterocycles. The molecule has 2 amide bonds. The van der Waals surface area contributed by atoms with Crippen LogP contribution in [0, 0.1) is 0 Å². The summed E-state index contributed by atoms with van der Waals surface area (Å²) in [7, 11) is 1.21. The zero-order valence-corrected chi connectivity index (χ0v) is 15.5. The zero-order valence-electron chi connectivity index (χ0n) is 15.5. The molecule has 1 heterocycles. The maximum Gasteiger partial charge on any atom is 0.410 e. The maximum atomic E-state index is 12.5. The quantitative estimate of drug-likeness (QED) is 0.550. The lowest BCUT2D eigenvalue weighted by atomic mass is 10.1. The fourth-order valence-electron chi connectivity index (χ4n) is 3.02. The van der Waals surface area contributed by atoms with Crippen LogP contribution in [0.25, 0.3) is 0 Å². The Labute approximate surface area is 158 Å². The standard InChI is InChI=1S/C19H24N2O6/c1-14-12-21(16(9-11-22)18(24)26-2)17(23)8-10-20(14)19(25)27-13-15-6-4-3-5-7-15/h3-7,11,14,16H,8-10,12-13H2,1-2H3/t14?,16-/m0/s1. The van der Waals surface area contributed by atoms with Gasteiger partial charge in [-0.05, 0) is 12.5 Å². The average molecular weight is 376 g/mol. The summed E-state index contributed by atoms with van der Waals surface area (Å²) in [5, 5.41) is 0. The van der Waals surface area contributed by atoms with E-state index in [-0.39, 0.29) is 44.5 Å². The number of benzene rings is 1. The van der Waals surface area contributed by atoms with Gasteiger partial charge in [0.05, 0.1) is 7.11 Å². The van der Waals surface area contributed by atoms with Crippen LogP contribution in [0.15, 0.2) is 30.3 Å². The molecule has 1 aliphatic heterocycles. The van der Waals surface area contributed by atoms with E-state index in [9.17, 15) is 19.2 Å². The van der Waals surface area contributed by atoms with Crippen LogP contribution in [-0.2, 0) is 30.5 Å². The van der Waals surface area contributed by atoms with Crippen LogP contribution in [-0.4, -0.2) is 66.3 Å². The molecule has 2 atom stereocenters. The lowest BCUT2D eigenvalue weighted by Gasteiger charge is -2.31. The molecule has 0 bridgehead atoms. The Balaban J connectivity index is 2.05. The summed E-state index contributed by atoms with van der Waals surface area (Å²) in [6.45, 7) is 2.20. The second kappa shape index (κ2) is 9.70. The monoisotopic (exact) mass is 376 g/mol. The first kappa shape index (κ1) is 20.4. The third kappa shape index (κ3) is 5.29. The van der Waals surface area contributed by atoms with Gasteiger partial charge in [0, 0.05) is 32.0 Å². The lowest BCUT2D eigenvalue weighted by Crippen LogP contribution is -2.49. The lowest BCUT2D eigenvalue weighted by molar-refractivity contribution is -0.153. The minimum atomic E-state index is -0.984. The molecule has 0 N–H and O–H groups in total. The topological polar surface area (TPSA) is 93.2 Å². The second-order valence-electron chi connectivity index (χ2n) is 6.32. The van der Waals surface area contributed by atoms with Crippen molar-refractivity contribution in [3.8, 4) is 0 Å². The minimum Gasteiger partial charge on any atom is -0.467 e. The smallest absolute Gasteiger partial charge is 0.410 e. The fraction of sp³-hybridized carbons (Fsp3) is 0.474. The Kier molecular flexibility index (Phi) is 7.34. The molecule has 0 radical (unpaired) electrons. The van der Waals surface area contributed by atoms with Crippen LogP contribution in [0.5, 0.6) is 0 Å². The predicted octanol–water partition coefficient (Wildman–Crippen LogP) is 1.38. The van der Waals surface area contributed by atoms with Crippen molar-refractivity contribution in [2.75, 3.05) is 20.2 Å². The van der Waals surface area contributed by atoms with E-state index in [1.165, 1.54) is 16.9 Å². The van der Waals surface area contributed by atoms with E-state index in [0.717, 1.165) is 5.56 Å². The SMILES string of the molecule is COC(=O)[C@H](CC=O)N1CC(C)N(C(=O)OCc2ccccc2)CCC1=O. The number of carbonyl (C=O) groups excluding carboxylic acids is 4. The summed E-state index contributed by atoms with van der Waals surface area (Å²) >= 11 is 0. The Morgan fingerprint density at radius 2 is 2.00 bits per heavy atom. The van der Waals surface area contributed by atoms with Gasteiger partial charge in [-0.3, -0.25) is 4.79 Å². The molecule has 1 unspecified atom stereocenters. The normalized spacial score (nSPS) is 18.4. The molecule has 27 heavy (non-hydrogen) atoms. The second-order valence-corrected chi connectivity index (χ2v) is 6.32. The highest BCUT2D eigenvalue weighted by Gasteiger charge is 2.36. The number of aldehydes is 1. The van der Waals surface area contributed by atoms with Gasteiger partial charge < -0.3 is 24.1 Å². The number of hydrogen-bond acceptors (Lipinski definition) is 6. The number of rotatable bonds is 6. The number of amides is 2. The van der Waals surface area contributed by atoms with Gasteiger partial charge in [0.25, 0.3) is 0 Å². The number of esters is 1. The summed E-state index contributed by atoms with van der Waals surface area (Å²) in [5.74, 6) is -0.958. The van der Waals surface area contributed by atoms with E-state index in [1.54, 1.807) is 6.92 Å². The van der Waals surface area contributed by atoms with Gasteiger partial charge >= 0.3 is 12.1 Å². The molecule has 0 aliphatic carbocycles. The van der Waals surface area contributed by atoms with Crippen LogP contribution in [0.1, 0.15) is 25.3 Å². The molecule has 146 valence electrons. The molecule has 2 rings (SSSR count). The van der Waals surface area contributed by atoms with Crippen molar-refractivity contribution in [1.29, 1.82) is 0 Å². The third-order valence-electron chi connectivity index (χ3n) is 4.49. The third-order valence-corrected chi connectivity index (χ3v) is 4.49. The van der Waals surface area contributed by atoms with E-state index in [0.29, 0.717) is 6.29 Å². The van der Waals surface area contributed by atoms with Crippen LogP contribution in [0.2, 0.25) is 0 Å². The van der Waals surface area contributed by atoms with Gasteiger partial charge in [-0.25, -0.2) is 9.59 Å². The molecule has 0 spiro atoms. The van der Waals surface area contributed by atoms with E-state index < -0.39 is 18.1 Å². The fourth-order valence-corrected chi connectivity index (χ4v) is 3.02. The molecule has 1 aromatic carbocycles. The summed E-state index contributed by atoms with van der Waals surface area (Å²) < 4.78 is 10.1. The number of hydrogen-bond donors (Lipinski definition) is 0. The largest absolute Gasteiger partial charge is 0.467 e. The number of nitrogens with zero attached hydrogens (tertiary/aromatic N) is 2. The molecule has 1 fully saturated rings. The van der Waals surface area contributed by atoms with Crippen LogP contribution < -0.4 is 0 Å². The molecule has 8 heteroatoms. The highest BCUT2D eigenvalue weighted by molar-refractivity contribution is 5.87. The number of methoxy groups -OCH3 is 1. The summed E-state index contributed by atoms with van der Waals surface area (Å²) in [6, 6.07) is 7.93. The van der Waals surface area contributed by atoms with Gasteiger partial charge in [-0.15, -0.1) is 0 Å². The molecule has 1 aromatic rings. The first-order chi connectivity index (χ1) is 13.0. The Morgan fingerprint density at radius 1 is 1.30 bits per heavy atom. The van der Waals surface area contributed by atoms with Gasteiger partial charge in [-0.1, -0.05) is 30.3 Å². The number of carbonyl (C=O) groups is 4. The molecule has 0 saturated carbocycles. The molecular weight excluding hydrogens is 352 g/mol.